The van der Waals surface area contributed by atoms with Crippen LogP contribution in [0.4, 0.5) is 5.69 Å². The van der Waals surface area contributed by atoms with Crippen molar-refractivity contribution in [2.24, 2.45) is 5.92 Å². The van der Waals surface area contributed by atoms with Crippen molar-refractivity contribution in [1.29, 1.82) is 0 Å². The molecule has 0 unspecified atom stereocenters. The van der Waals surface area contributed by atoms with Gasteiger partial charge >= 0.3 is 0 Å². The monoisotopic (exact) mass is 248 g/mol. The van der Waals surface area contributed by atoms with Gasteiger partial charge in [0.1, 0.15) is 5.75 Å². The molecule has 1 aliphatic rings. The first-order valence-corrected chi connectivity index (χ1v) is 6.54. The highest BCUT2D eigenvalue weighted by atomic mass is 16.3. The van der Waals surface area contributed by atoms with Gasteiger partial charge < -0.3 is 15.7 Å². The molecule has 0 spiro atoms. The molecular formula is C14H20N2O2. The Bertz CT molecular complexity index is 426. The Kier molecular flexibility index (Phi) is 4.20. The van der Waals surface area contributed by atoms with Crippen molar-refractivity contribution in [3.63, 3.8) is 0 Å². The van der Waals surface area contributed by atoms with Crippen LogP contribution in [-0.4, -0.2) is 24.1 Å². The average Bonchev–Trinajstić information content (AvgIpc) is 2.42. The largest absolute Gasteiger partial charge is 0.506 e. The first-order chi connectivity index (χ1) is 8.70. The third-order valence-electron chi connectivity index (χ3n) is 3.39. The first kappa shape index (κ1) is 12.9. The molecule has 0 saturated carbocycles. The van der Waals surface area contributed by atoms with Crippen molar-refractivity contribution in [3.8, 4) is 5.75 Å². The Labute approximate surface area is 107 Å². The van der Waals surface area contributed by atoms with Crippen molar-refractivity contribution in [2.45, 2.75) is 26.2 Å². The van der Waals surface area contributed by atoms with Gasteiger partial charge in [-0.25, -0.2) is 0 Å². The number of amides is 1. The van der Waals surface area contributed by atoms with Gasteiger partial charge in [0, 0.05) is 6.54 Å². The van der Waals surface area contributed by atoms with Crippen LogP contribution in [0.5, 0.6) is 5.75 Å². The highest BCUT2D eigenvalue weighted by molar-refractivity contribution is 5.94. The molecule has 4 nitrogen and oxygen atoms in total. The van der Waals surface area contributed by atoms with Gasteiger partial charge in [-0.1, -0.05) is 13.0 Å². The number of benzene rings is 1. The van der Waals surface area contributed by atoms with Gasteiger partial charge in [0.15, 0.2) is 0 Å². The lowest BCUT2D eigenvalue weighted by Gasteiger charge is -2.22. The molecule has 1 amide bonds. The molecule has 1 aliphatic heterocycles. The molecule has 1 fully saturated rings. The van der Waals surface area contributed by atoms with E-state index in [1.54, 1.807) is 6.07 Å². The number of hydrogen-bond donors (Lipinski definition) is 3. The molecule has 3 N–H and O–H groups in total. The second kappa shape index (κ2) is 5.87. The topological polar surface area (TPSA) is 61.4 Å². The molecule has 18 heavy (non-hydrogen) atoms. The zero-order chi connectivity index (χ0) is 13.0. The number of carbonyl (C=O) groups is 1. The molecule has 1 aromatic carbocycles. The summed E-state index contributed by atoms with van der Waals surface area (Å²) in [5, 5.41) is 15.8. The number of aryl methyl sites for hydroxylation is 1. The van der Waals surface area contributed by atoms with E-state index in [1.165, 1.54) is 0 Å². The Balaban J connectivity index is 2.05. The van der Waals surface area contributed by atoms with Crippen LogP contribution in [0.25, 0.3) is 0 Å². The number of phenolic OH excluding ortho intramolecular Hbond substituents is 1. The molecular weight excluding hydrogens is 228 g/mol. The molecule has 4 heteroatoms. The van der Waals surface area contributed by atoms with Crippen LogP contribution in [-0.2, 0) is 11.2 Å². The third kappa shape index (κ3) is 3.01. The van der Waals surface area contributed by atoms with Crippen molar-refractivity contribution in [2.75, 3.05) is 18.4 Å². The second-order valence-corrected chi connectivity index (χ2v) is 4.74. The van der Waals surface area contributed by atoms with E-state index < -0.39 is 0 Å². The number of hydrogen-bond acceptors (Lipinski definition) is 3. The standard InChI is InChI=1S/C14H20N2O2/c1-2-10-5-6-13(17)12(8-10)16-14(18)11-4-3-7-15-9-11/h5-6,8,11,15,17H,2-4,7,9H2,1H3,(H,16,18)/t11-/m0/s1. The molecule has 0 bridgehead atoms. The van der Waals surface area contributed by atoms with Crippen LogP contribution >= 0.6 is 0 Å². The minimum Gasteiger partial charge on any atom is -0.506 e. The SMILES string of the molecule is CCc1ccc(O)c(NC(=O)[C@H]2CCCNC2)c1. The summed E-state index contributed by atoms with van der Waals surface area (Å²) in [6.45, 7) is 3.75. The average molecular weight is 248 g/mol. The Morgan fingerprint density at radius 2 is 2.39 bits per heavy atom. The number of rotatable bonds is 3. The van der Waals surface area contributed by atoms with Gasteiger partial charge in [-0.2, -0.15) is 0 Å². The maximum Gasteiger partial charge on any atom is 0.228 e. The van der Waals surface area contributed by atoms with Crippen LogP contribution < -0.4 is 10.6 Å². The molecule has 1 atom stereocenters. The van der Waals surface area contributed by atoms with Crippen LogP contribution in [0, 0.1) is 5.92 Å². The van der Waals surface area contributed by atoms with E-state index in [0.29, 0.717) is 5.69 Å². The molecule has 0 radical (unpaired) electrons. The number of phenols is 1. The smallest absolute Gasteiger partial charge is 0.228 e. The van der Waals surface area contributed by atoms with E-state index >= 15 is 0 Å². The summed E-state index contributed by atoms with van der Waals surface area (Å²) in [5.74, 6) is 0.124. The van der Waals surface area contributed by atoms with Gasteiger partial charge in [0.05, 0.1) is 11.6 Å². The molecule has 0 aliphatic carbocycles. The molecule has 1 aromatic rings. The molecule has 1 heterocycles. The van der Waals surface area contributed by atoms with Gasteiger partial charge in [-0.3, -0.25) is 4.79 Å². The van der Waals surface area contributed by atoms with Crippen molar-refractivity contribution < 1.29 is 9.90 Å². The minimum absolute atomic E-state index is 0.00318. The van der Waals surface area contributed by atoms with E-state index in [0.717, 1.165) is 37.9 Å². The highest BCUT2D eigenvalue weighted by Gasteiger charge is 2.21. The van der Waals surface area contributed by atoms with Crippen LogP contribution in [0.15, 0.2) is 18.2 Å². The fourth-order valence-electron chi connectivity index (χ4n) is 2.21. The zero-order valence-corrected chi connectivity index (χ0v) is 10.7. The second-order valence-electron chi connectivity index (χ2n) is 4.74. The molecule has 0 aromatic heterocycles. The summed E-state index contributed by atoms with van der Waals surface area (Å²) in [4.78, 5) is 12.1. The summed E-state index contributed by atoms with van der Waals surface area (Å²) in [6, 6.07) is 5.34. The van der Waals surface area contributed by atoms with E-state index in [2.05, 4.69) is 10.6 Å². The Hall–Kier alpha value is -1.55. The normalized spacial score (nSPS) is 19.5. The number of carbonyl (C=O) groups excluding carboxylic acids is 1. The minimum atomic E-state index is -0.00856. The predicted molar refractivity (Wildman–Crippen MR) is 71.7 cm³/mol. The third-order valence-corrected chi connectivity index (χ3v) is 3.39. The summed E-state index contributed by atoms with van der Waals surface area (Å²) >= 11 is 0. The lowest BCUT2D eigenvalue weighted by Crippen LogP contribution is -2.37. The van der Waals surface area contributed by atoms with Crippen molar-refractivity contribution in [1.82, 2.24) is 5.32 Å². The quantitative estimate of drug-likeness (QED) is 0.716. The van der Waals surface area contributed by atoms with Crippen LogP contribution in [0.3, 0.4) is 0 Å². The molecule has 98 valence electrons. The van der Waals surface area contributed by atoms with E-state index in [4.69, 9.17) is 0 Å². The van der Waals surface area contributed by atoms with Crippen LogP contribution in [0.1, 0.15) is 25.3 Å². The van der Waals surface area contributed by atoms with E-state index in [1.807, 2.05) is 19.1 Å². The summed E-state index contributed by atoms with van der Waals surface area (Å²) in [5.41, 5.74) is 1.62. The molecule has 1 saturated heterocycles. The summed E-state index contributed by atoms with van der Waals surface area (Å²) < 4.78 is 0. The first-order valence-electron chi connectivity index (χ1n) is 6.54. The fourth-order valence-corrected chi connectivity index (χ4v) is 2.21. The van der Waals surface area contributed by atoms with E-state index in [9.17, 15) is 9.90 Å². The fraction of sp³-hybridized carbons (Fsp3) is 0.500. The van der Waals surface area contributed by atoms with Gasteiger partial charge in [-0.15, -0.1) is 0 Å². The van der Waals surface area contributed by atoms with Crippen LogP contribution in [0.2, 0.25) is 0 Å². The van der Waals surface area contributed by atoms with Gasteiger partial charge in [0.25, 0.3) is 0 Å². The number of anilines is 1. The predicted octanol–water partition coefficient (Wildman–Crippen LogP) is 1.89. The summed E-state index contributed by atoms with van der Waals surface area (Å²) in [6.07, 6.45) is 2.82. The maximum atomic E-state index is 12.1. The zero-order valence-electron chi connectivity index (χ0n) is 10.7. The van der Waals surface area contributed by atoms with E-state index in [-0.39, 0.29) is 17.6 Å². The number of aromatic hydroxyl groups is 1. The summed E-state index contributed by atoms with van der Waals surface area (Å²) in [7, 11) is 0. The Morgan fingerprint density at radius 1 is 1.56 bits per heavy atom. The lowest BCUT2D eigenvalue weighted by atomic mass is 9.98. The highest BCUT2D eigenvalue weighted by Crippen LogP contribution is 2.25. The van der Waals surface area contributed by atoms with Crippen molar-refractivity contribution in [3.05, 3.63) is 23.8 Å². The lowest BCUT2D eigenvalue weighted by molar-refractivity contribution is -0.120. The maximum absolute atomic E-state index is 12.1. The molecule has 2 rings (SSSR count). The van der Waals surface area contributed by atoms with Gasteiger partial charge in [-0.05, 0) is 43.5 Å². The van der Waals surface area contributed by atoms with Crippen molar-refractivity contribution >= 4 is 11.6 Å². The number of piperidine rings is 1. The van der Waals surface area contributed by atoms with Gasteiger partial charge in [0.2, 0.25) is 5.91 Å². The number of nitrogens with one attached hydrogen (secondary N) is 2. The Morgan fingerprint density at radius 3 is 3.06 bits per heavy atom.